The molecule has 5 heteroatoms. The van der Waals surface area contributed by atoms with Crippen molar-refractivity contribution in [1.29, 1.82) is 0 Å². The van der Waals surface area contributed by atoms with Gasteiger partial charge in [-0.15, -0.1) is 6.58 Å². The second kappa shape index (κ2) is 7.23. The fourth-order valence-corrected chi connectivity index (χ4v) is 8.86. The van der Waals surface area contributed by atoms with Crippen LogP contribution in [-0.4, -0.2) is 28.1 Å². The van der Waals surface area contributed by atoms with Gasteiger partial charge in [0, 0.05) is 0 Å². The van der Waals surface area contributed by atoms with Crippen LogP contribution >= 0.6 is 0 Å². The van der Waals surface area contributed by atoms with E-state index in [-0.39, 0.29) is 35.5 Å². The highest BCUT2D eigenvalue weighted by Crippen LogP contribution is 2.69. The van der Waals surface area contributed by atoms with E-state index in [1.807, 2.05) is 0 Å². The molecule has 0 heterocycles. The third kappa shape index (κ3) is 3.12. The molecule has 4 rings (SSSR count). The van der Waals surface area contributed by atoms with Gasteiger partial charge in [-0.1, -0.05) is 26.8 Å². The van der Waals surface area contributed by atoms with E-state index in [4.69, 9.17) is 0 Å². The van der Waals surface area contributed by atoms with Crippen molar-refractivity contribution >= 4 is 0 Å². The number of aliphatic hydroxyl groups excluding tert-OH is 1. The molecule has 0 aromatic rings. The van der Waals surface area contributed by atoms with Gasteiger partial charge in [-0.2, -0.15) is 13.2 Å². The van der Waals surface area contributed by atoms with Crippen LogP contribution in [0.25, 0.3) is 0 Å². The van der Waals surface area contributed by atoms with Gasteiger partial charge in [-0.3, -0.25) is 0 Å². The van der Waals surface area contributed by atoms with Crippen LogP contribution in [0, 0.1) is 46.3 Å². The largest absolute Gasteiger partial charge is 0.417 e. The lowest BCUT2D eigenvalue weighted by molar-refractivity contribution is -0.290. The highest BCUT2D eigenvalue weighted by atomic mass is 19.4. The summed E-state index contributed by atoms with van der Waals surface area (Å²) < 4.78 is 40.5. The van der Waals surface area contributed by atoms with E-state index in [9.17, 15) is 23.4 Å². The second-order valence-corrected chi connectivity index (χ2v) is 11.7. The molecule has 0 amide bonds. The average molecular weight is 429 g/mol. The zero-order chi connectivity index (χ0) is 22.1. The zero-order valence-electron chi connectivity index (χ0n) is 18.7. The third-order valence-electron chi connectivity index (χ3n) is 10.7. The molecule has 4 fully saturated rings. The van der Waals surface area contributed by atoms with Crippen LogP contribution in [0.2, 0.25) is 0 Å². The Hall–Kier alpha value is -0.550. The van der Waals surface area contributed by atoms with E-state index < -0.39 is 17.9 Å². The molecule has 30 heavy (non-hydrogen) atoms. The summed E-state index contributed by atoms with van der Waals surface area (Å²) in [5, 5.41) is 20.8. The highest BCUT2D eigenvalue weighted by molar-refractivity contribution is 5.12. The molecular formula is C25H39F3O2. The van der Waals surface area contributed by atoms with Crippen molar-refractivity contribution in [1.82, 2.24) is 0 Å². The lowest BCUT2D eigenvalue weighted by Crippen LogP contribution is -2.59. The van der Waals surface area contributed by atoms with Crippen LogP contribution in [0.5, 0.6) is 0 Å². The average Bonchev–Trinajstić information content (AvgIpc) is 3.03. The van der Waals surface area contributed by atoms with E-state index in [0.717, 1.165) is 32.1 Å². The minimum atomic E-state index is -4.53. The molecule has 4 saturated carbocycles. The molecule has 0 bridgehead atoms. The standard InChI is InChI=1S/C25H39F3O2/c1-5-21(29)15(2)18-8-9-19-17-7-6-16-14-24(30,25(26,27)28)13-12-22(16,3)20(17)10-11-23(18,19)4/h5,15-21,29-30H,1,6-14H2,2-4H3/t15-,16+,17-,18+,19-,20-,21+,22-,23+,24+/m0/s1. The summed E-state index contributed by atoms with van der Waals surface area (Å²) in [4.78, 5) is 0. The van der Waals surface area contributed by atoms with Crippen molar-refractivity contribution < 1.29 is 23.4 Å². The molecule has 0 radical (unpaired) electrons. The molecule has 2 nitrogen and oxygen atoms in total. The first-order valence-corrected chi connectivity index (χ1v) is 12.0. The Morgan fingerprint density at radius 2 is 1.63 bits per heavy atom. The number of halogens is 3. The topological polar surface area (TPSA) is 40.5 Å². The van der Waals surface area contributed by atoms with Gasteiger partial charge >= 0.3 is 6.18 Å². The van der Waals surface area contributed by atoms with E-state index in [0.29, 0.717) is 30.1 Å². The number of rotatable bonds is 3. The molecule has 0 aromatic carbocycles. The molecule has 0 aromatic heterocycles. The monoisotopic (exact) mass is 428 g/mol. The molecule has 0 unspecified atom stereocenters. The van der Waals surface area contributed by atoms with Crippen molar-refractivity contribution in [2.75, 3.05) is 0 Å². The van der Waals surface area contributed by atoms with Gasteiger partial charge in [-0.05, 0) is 104 Å². The van der Waals surface area contributed by atoms with Gasteiger partial charge < -0.3 is 10.2 Å². The summed E-state index contributed by atoms with van der Waals surface area (Å²) >= 11 is 0. The Balaban J connectivity index is 1.56. The molecule has 4 aliphatic carbocycles. The SMILES string of the molecule is C=C[C@@H](O)[C@@H](C)[C@H]1CC[C@H]2[C@@H]3CC[C@@H]4C[C@@](O)(C(F)(F)F)CC[C@]4(C)[C@H]3CC[C@]12C. The Morgan fingerprint density at radius 3 is 2.27 bits per heavy atom. The van der Waals surface area contributed by atoms with Crippen molar-refractivity contribution in [3.63, 3.8) is 0 Å². The fraction of sp³-hybridized carbons (Fsp3) is 0.920. The predicted molar refractivity (Wildman–Crippen MR) is 112 cm³/mol. The molecule has 2 N–H and O–H groups in total. The molecule has 0 spiro atoms. The normalized spacial score (nSPS) is 50.7. The quantitative estimate of drug-likeness (QED) is 0.532. The number of aliphatic hydroxyl groups is 2. The first-order valence-electron chi connectivity index (χ1n) is 12.0. The maximum Gasteiger partial charge on any atom is 0.417 e. The van der Waals surface area contributed by atoms with E-state index >= 15 is 0 Å². The number of hydrogen-bond acceptors (Lipinski definition) is 2. The summed E-state index contributed by atoms with van der Waals surface area (Å²) in [7, 11) is 0. The summed E-state index contributed by atoms with van der Waals surface area (Å²) in [5.74, 6) is 2.26. The van der Waals surface area contributed by atoms with Crippen LogP contribution in [-0.2, 0) is 0 Å². The van der Waals surface area contributed by atoms with Gasteiger partial charge in [0.1, 0.15) is 0 Å². The van der Waals surface area contributed by atoms with Gasteiger partial charge in [0.15, 0.2) is 5.60 Å². The molecule has 10 atom stereocenters. The van der Waals surface area contributed by atoms with Crippen molar-refractivity contribution in [3.05, 3.63) is 12.7 Å². The smallest absolute Gasteiger partial charge is 0.389 e. The summed E-state index contributed by atoms with van der Waals surface area (Å²) in [6.07, 6.45) is 3.12. The van der Waals surface area contributed by atoms with Gasteiger partial charge in [0.05, 0.1) is 6.10 Å². The zero-order valence-corrected chi connectivity index (χ0v) is 18.7. The van der Waals surface area contributed by atoms with Gasteiger partial charge in [0.25, 0.3) is 0 Å². The maximum atomic E-state index is 13.5. The minimum Gasteiger partial charge on any atom is -0.389 e. The second-order valence-electron chi connectivity index (χ2n) is 11.7. The lowest BCUT2D eigenvalue weighted by Gasteiger charge is -2.62. The fourth-order valence-electron chi connectivity index (χ4n) is 8.86. The Kier molecular flexibility index (Phi) is 5.46. The molecule has 172 valence electrons. The predicted octanol–water partition coefficient (Wildman–Crippen LogP) is 6.12. The molecule has 0 aliphatic heterocycles. The number of hydrogen-bond donors (Lipinski definition) is 2. The summed E-state index contributed by atoms with van der Waals surface area (Å²) in [6.45, 7) is 10.6. The third-order valence-corrected chi connectivity index (χ3v) is 10.7. The number of alkyl halides is 3. The van der Waals surface area contributed by atoms with Crippen LogP contribution < -0.4 is 0 Å². The Morgan fingerprint density at radius 1 is 0.967 bits per heavy atom. The van der Waals surface area contributed by atoms with E-state index in [1.54, 1.807) is 6.08 Å². The van der Waals surface area contributed by atoms with Crippen LogP contribution in [0.1, 0.15) is 78.6 Å². The first kappa shape index (κ1) is 22.6. The van der Waals surface area contributed by atoms with Gasteiger partial charge in [0.2, 0.25) is 0 Å². The Labute approximate surface area is 179 Å². The van der Waals surface area contributed by atoms with Crippen LogP contribution in [0.4, 0.5) is 13.2 Å². The van der Waals surface area contributed by atoms with Crippen molar-refractivity contribution in [3.8, 4) is 0 Å². The highest BCUT2D eigenvalue weighted by Gasteiger charge is 2.65. The van der Waals surface area contributed by atoms with Crippen molar-refractivity contribution in [2.45, 2.75) is 96.4 Å². The molecule has 4 aliphatic rings. The maximum absolute atomic E-state index is 13.5. The summed E-state index contributed by atoms with van der Waals surface area (Å²) in [6, 6.07) is 0. The minimum absolute atomic E-state index is 0.0396. The van der Waals surface area contributed by atoms with Crippen LogP contribution in [0.3, 0.4) is 0 Å². The summed E-state index contributed by atoms with van der Waals surface area (Å²) in [5.41, 5.74) is -2.39. The molecule has 0 saturated heterocycles. The Bertz CT molecular complexity index is 678. The van der Waals surface area contributed by atoms with Gasteiger partial charge in [-0.25, -0.2) is 0 Å². The van der Waals surface area contributed by atoms with Crippen LogP contribution in [0.15, 0.2) is 12.7 Å². The first-order chi connectivity index (χ1) is 13.9. The lowest BCUT2D eigenvalue weighted by atomic mass is 9.43. The van der Waals surface area contributed by atoms with E-state index in [2.05, 4.69) is 27.4 Å². The number of fused-ring (bicyclic) bond motifs is 5. The molecular weight excluding hydrogens is 389 g/mol. The van der Waals surface area contributed by atoms with Crippen molar-refractivity contribution in [2.24, 2.45) is 46.3 Å². The van der Waals surface area contributed by atoms with E-state index in [1.165, 1.54) is 6.42 Å².